The average molecular weight is 129 g/mol. The summed E-state index contributed by atoms with van der Waals surface area (Å²) in [5.74, 6) is 0.0451. The molecule has 0 atom stereocenters. The summed E-state index contributed by atoms with van der Waals surface area (Å²) in [7, 11) is 5.47. The molecular weight excluding hydrogens is 116 g/mol. The maximum absolute atomic E-state index is 10.5. The number of hydrogen-bond acceptors (Lipinski definition) is 1. The van der Waals surface area contributed by atoms with E-state index in [0.717, 1.165) is 0 Å². The van der Waals surface area contributed by atoms with Crippen molar-refractivity contribution in [2.24, 2.45) is 0 Å². The van der Waals surface area contributed by atoms with Crippen LogP contribution in [0.15, 0.2) is 0 Å². The zero-order chi connectivity index (χ0) is 7.44. The predicted octanol–water partition coefficient (Wildman–Crippen LogP) is -0.235. The smallest absolute Gasteiger partial charge is 0.273 e. The molecule has 0 aromatic carbocycles. The highest BCUT2D eigenvalue weighted by Gasteiger charge is 2.03. The molecule has 9 heavy (non-hydrogen) atoms. The lowest BCUT2D eigenvalue weighted by atomic mass is 10.6. The number of hydrogen-bond donors (Lipinski definition) is 0. The van der Waals surface area contributed by atoms with E-state index in [1.54, 1.807) is 13.4 Å². The van der Waals surface area contributed by atoms with Crippen molar-refractivity contribution in [2.45, 2.75) is 6.92 Å². The maximum atomic E-state index is 10.5. The summed E-state index contributed by atoms with van der Waals surface area (Å²) in [5, 5.41) is 0. The monoisotopic (exact) mass is 129 g/mol. The van der Waals surface area contributed by atoms with Gasteiger partial charge in [0, 0.05) is 6.92 Å². The van der Waals surface area contributed by atoms with Gasteiger partial charge in [0.15, 0.2) is 0 Å². The Hall–Kier alpha value is -0.860. The van der Waals surface area contributed by atoms with Gasteiger partial charge >= 0.3 is 5.91 Å². The molecule has 0 aliphatic heterocycles. The first-order chi connectivity index (χ1) is 4.04. The van der Waals surface area contributed by atoms with E-state index in [1.807, 2.05) is 18.7 Å². The van der Waals surface area contributed by atoms with E-state index in [9.17, 15) is 4.79 Å². The Balaban J connectivity index is 3.91. The number of carbonyl (C=O) groups is 1. The zero-order valence-electron chi connectivity index (χ0n) is 6.38. The van der Waals surface area contributed by atoms with Crippen LogP contribution in [0.25, 0.3) is 0 Å². The van der Waals surface area contributed by atoms with Gasteiger partial charge in [0.1, 0.15) is 0 Å². The Labute approximate surface area is 55.6 Å². The second-order valence-corrected chi connectivity index (χ2v) is 2.21. The molecule has 0 radical (unpaired) electrons. The SMILES string of the molecule is CC(=O)N(C)C=[N+](C)C. The number of nitrogens with zero attached hydrogens (tertiary/aromatic N) is 2. The summed E-state index contributed by atoms with van der Waals surface area (Å²) in [6.45, 7) is 1.53. The third kappa shape index (κ3) is 3.70. The minimum absolute atomic E-state index is 0.0451. The summed E-state index contributed by atoms with van der Waals surface area (Å²) in [6, 6.07) is 0. The molecule has 0 aliphatic rings. The van der Waals surface area contributed by atoms with Crippen LogP contribution in [0, 0.1) is 0 Å². The number of rotatable bonds is 1. The molecule has 0 fully saturated rings. The molecule has 0 saturated carbocycles. The molecule has 0 saturated heterocycles. The van der Waals surface area contributed by atoms with Crippen molar-refractivity contribution < 1.29 is 9.37 Å². The van der Waals surface area contributed by atoms with E-state index in [4.69, 9.17) is 0 Å². The van der Waals surface area contributed by atoms with Gasteiger partial charge in [-0.25, -0.2) is 9.69 Å². The molecule has 0 aliphatic carbocycles. The molecule has 0 bridgehead atoms. The van der Waals surface area contributed by atoms with Crippen molar-refractivity contribution in [1.82, 2.24) is 4.90 Å². The number of carbonyl (C=O) groups excluding carboxylic acids is 1. The van der Waals surface area contributed by atoms with Crippen LogP contribution in [-0.2, 0) is 4.79 Å². The van der Waals surface area contributed by atoms with E-state index < -0.39 is 0 Å². The highest BCUT2D eigenvalue weighted by molar-refractivity contribution is 5.83. The Morgan fingerprint density at radius 1 is 1.56 bits per heavy atom. The van der Waals surface area contributed by atoms with Crippen LogP contribution < -0.4 is 0 Å². The molecule has 0 unspecified atom stereocenters. The summed E-state index contributed by atoms with van der Waals surface area (Å²) in [5.41, 5.74) is 0. The van der Waals surface area contributed by atoms with Gasteiger partial charge in [-0.1, -0.05) is 0 Å². The van der Waals surface area contributed by atoms with Crippen molar-refractivity contribution in [3.8, 4) is 0 Å². The van der Waals surface area contributed by atoms with Gasteiger partial charge in [-0.15, -0.1) is 0 Å². The second kappa shape index (κ2) is 3.22. The fraction of sp³-hybridized carbons (Fsp3) is 0.667. The van der Waals surface area contributed by atoms with Gasteiger partial charge < -0.3 is 0 Å². The molecule has 0 N–H and O–H groups in total. The topological polar surface area (TPSA) is 23.3 Å². The molecule has 0 aromatic heterocycles. The first-order valence-corrected chi connectivity index (χ1v) is 2.79. The van der Waals surface area contributed by atoms with Gasteiger partial charge in [0.2, 0.25) is 6.34 Å². The molecule has 52 valence electrons. The van der Waals surface area contributed by atoms with E-state index >= 15 is 0 Å². The van der Waals surface area contributed by atoms with Gasteiger partial charge in [-0.3, -0.25) is 4.58 Å². The highest BCUT2D eigenvalue weighted by Crippen LogP contribution is 1.74. The van der Waals surface area contributed by atoms with E-state index in [0.29, 0.717) is 0 Å². The van der Waals surface area contributed by atoms with Crippen LogP contribution in [0.4, 0.5) is 0 Å². The quantitative estimate of drug-likeness (QED) is 0.272. The lowest BCUT2D eigenvalue weighted by Crippen LogP contribution is -2.25. The Morgan fingerprint density at radius 3 is 2.11 bits per heavy atom. The maximum Gasteiger partial charge on any atom is 0.305 e. The Kier molecular flexibility index (Phi) is 2.91. The van der Waals surface area contributed by atoms with E-state index in [1.165, 1.54) is 11.8 Å². The van der Waals surface area contributed by atoms with E-state index in [2.05, 4.69) is 0 Å². The second-order valence-electron chi connectivity index (χ2n) is 2.21. The largest absolute Gasteiger partial charge is 0.305 e. The average Bonchev–Trinajstić information content (AvgIpc) is 1.63. The minimum Gasteiger partial charge on any atom is -0.273 e. The summed E-state index contributed by atoms with van der Waals surface area (Å²) in [6.07, 6.45) is 1.72. The van der Waals surface area contributed by atoms with Crippen LogP contribution in [0.2, 0.25) is 0 Å². The summed E-state index contributed by atoms with van der Waals surface area (Å²) >= 11 is 0. The fourth-order valence-corrected chi connectivity index (χ4v) is 0.428. The Bertz CT molecular complexity index is 136. The molecule has 0 rings (SSSR count). The van der Waals surface area contributed by atoms with Crippen LogP contribution in [0.3, 0.4) is 0 Å². The van der Waals surface area contributed by atoms with E-state index in [-0.39, 0.29) is 5.91 Å². The van der Waals surface area contributed by atoms with Crippen LogP contribution in [0.5, 0.6) is 0 Å². The van der Waals surface area contributed by atoms with Crippen molar-refractivity contribution in [3.63, 3.8) is 0 Å². The molecule has 0 aromatic rings. The van der Waals surface area contributed by atoms with Crippen molar-refractivity contribution in [3.05, 3.63) is 0 Å². The number of amides is 1. The lowest BCUT2D eigenvalue weighted by Gasteiger charge is -1.99. The van der Waals surface area contributed by atoms with Crippen LogP contribution >= 0.6 is 0 Å². The highest BCUT2D eigenvalue weighted by atomic mass is 16.2. The van der Waals surface area contributed by atoms with Gasteiger partial charge in [-0.2, -0.15) is 0 Å². The predicted molar refractivity (Wildman–Crippen MR) is 36.6 cm³/mol. The zero-order valence-corrected chi connectivity index (χ0v) is 6.38. The third-order valence-electron chi connectivity index (χ3n) is 0.901. The molecular formula is C6H13N2O+. The van der Waals surface area contributed by atoms with Crippen LogP contribution in [-0.4, -0.2) is 42.9 Å². The van der Waals surface area contributed by atoms with Crippen molar-refractivity contribution >= 4 is 12.2 Å². The normalized spacial score (nSPS) is 8.44. The third-order valence-corrected chi connectivity index (χ3v) is 0.901. The standard InChI is InChI=1S/C6H13N2O/c1-6(9)8(4)5-7(2)3/h5H,1-4H3/q+1. The Morgan fingerprint density at radius 2 is 2.00 bits per heavy atom. The van der Waals surface area contributed by atoms with Crippen molar-refractivity contribution in [2.75, 3.05) is 21.1 Å². The van der Waals surface area contributed by atoms with Gasteiger partial charge in [0.25, 0.3) is 0 Å². The molecule has 0 heterocycles. The molecule has 3 nitrogen and oxygen atoms in total. The first kappa shape index (κ1) is 8.14. The summed E-state index contributed by atoms with van der Waals surface area (Å²) in [4.78, 5) is 12.1. The van der Waals surface area contributed by atoms with Crippen LogP contribution in [0.1, 0.15) is 6.92 Å². The molecule has 1 amide bonds. The molecule has 0 spiro atoms. The fourth-order valence-electron chi connectivity index (χ4n) is 0.428. The van der Waals surface area contributed by atoms with Crippen molar-refractivity contribution in [1.29, 1.82) is 0 Å². The van der Waals surface area contributed by atoms with Gasteiger partial charge in [-0.05, 0) is 0 Å². The lowest BCUT2D eigenvalue weighted by molar-refractivity contribution is -0.463. The minimum atomic E-state index is 0.0451. The molecule has 3 heteroatoms. The van der Waals surface area contributed by atoms with Gasteiger partial charge in [0.05, 0.1) is 21.1 Å². The summed E-state index contributed by atoms with van der Waals surface area (Å²) < 4.78 is 1.82. The first-order valence-electron chi connectivity index (χ1n) is 2.79.